The molecule has 0 aliphatic carbocycles. The van der Waals surface area contributed by atoms with Gasteiger partial charge in [-0.1, -0.05) is 6.92 Å². The van der Waals surface area contributed by atoms with Crippen molar-refractivity contribution in [2.75, 3.05) is 6.26 Å². The molecule has 1 amide bonds. The molecule has 1 N–H and O–H groups in total. The SMILES string of the molecule is CCC1(C)N=C(NC(=O)c2cnccc2C(F)(F)F)N=C1SC. The van der Waals surface area contributed by atoms with Crippen molar-refractivity contribution < 1.29 is 18.0 Å². The van der Waals surface area contributed by atoms with Crippen LogP contribution < -0.4 is 5.32 Å². The quantitative estimate of drug-likeness (QED) is 0.896. The molecule has 0 bridgehead atoms. The molecular formula is C14H15F3N4OS. The Labute approximate surface area is 135 Å². The third kappa shape index (κ3) is 3.54. The van der Waals surface area contributed by atoms with Gasteiger partial charge >= 0.3 is 6.18 Å². The number of carbonyl (C=O) groups is 1. The maximum absolute atomic E-state index is 12.9. The molecule has 0 saturated carbocycles. The lowest BCUT2D eigenvalue weighted by Crippen LogP contribution is -2.31. The molecule has 1 atom stereocenters. The maximum atomic E-state index is 12.9. The Kier molecular flexibility index (Phi) is 4.79. The van der Waals surface area contributed by atoms with Crippen molar-refractivity contribution in [2.45, 2.75) is 32.0 Å². The number of hydrogen-bond donors (Lipinski definition) is 1. The Bertz CT molecular complexity index is 687. The molecule has 1 aromatic rings. The minimum absolute atomic E-state index is 0.0145. The van der Waals surface area contributed by atoms with Gasteiger partial charge in [-0.25, -0.2) is 9.98 Å². The Morgan fingerprint density at radius 2 is 2.13 bits per heavy atom. The minimum atomic E-state index is -4.64. The molecule has 2 heterocycles. The van der Waals surface area contributed by atoms with Crippen LogP contribution in [0.25, 0.3) is 0 Å². The van der Waals surface area contributed by atoms with Crippen molar-refractivity contribution in [3.8, 4) is 0 Å². The molecule has 0 fully saturated rings. The smallest absolute Gasteiger partial charge is 0.291 e. The highest BCUT2D eigenvalue weighted by Gasteiger charge is 2.37. The Balaban J connectivity index is 2.28. The van der Waals surface area contributed by atoms with Gasteiger partial charge in [0, 0.05) is 12.4 Å². The zero-order chi connectivity index (χ0) is 17.3. The summed E-state index contributed by atoms with van der Waals surface area (Å²) in [6.45, 7) is 3.77. The third-order valence-corrected chi connectivity index (χ3v) is 4.42. The number of aliphatic imine (C=N–C) groups is 2. The van der Waals surface area contributed by atoms with Crippen molar-refractivity contribution in [2.24, 2.45) is 9.98 Å². The van der Waals surface area contributed by atoms with E-state index in [0.29, 0.717) is 11.5 Å². The van der Waals surface area contributed by atoms with E-state index in [1.165, 1.54) is 11.8 Å². The fourth-order valence-corrected chi connectivity index (χ4v) is 2.87. The number of guanidine groups is 1. The van der Waals surface area contributed by atoms with Crippen molar-refractivity contribution in [3.05, 3.63) is 29.6 Å². The number of aromatic nitrogens is 1. The van der Waals surface area contributed by atoms with Gasteiger partial charge in [0.2, 0.25) is 5.96 Å². The maximum Gasteiger partial charge on any atom is 0.417 e. The van der Waals surface area contributed by atoms with Gasteiger partial charge in [-0.2, -0.15) is 13.2 Å². The molecule has 0 radical (unpaired) electrons. The van der Waals surface area contributed by atoms with E-state index in [0.717, 1.165) is 18.5 Å². The van der Waals surface area contributed by atoms with Crippen LogP contribution in [0.1, 0.15) is 36.2 Å². The number of nitrogens with one attached hydrogen (secondary N) is 1. The lowest BCUT2D eigenvalue weighted by molar-refractivity contribution is -0.138. The fraction of sp³-hybridized carbons (Fsp3) is 0.429. The summed E-state index contributed by atoms with van der Waals surface area (Å²) >= 11 is 1.39. The van der Waals surface area contributed by atoms with E-state index in [4.69, 9.17) is 0 Å². The molecule has 9 heteroatoms. The van der Waals surface area contributed by atoms with Crippen LogP contribution in [0.15, 0.2) is 28.4 Å². The zero-order valence-electron chi connectivity index (χ0n) is 12.7. The largest absolute Gasteiger partial charge is 0.417 e. The zero-order valence-corrected chi connectivity index (χ0v) is 13.5. The number of alkyl halides is 3. The Morgan fingerprint density at radius 3 is 2.65 bits per heavy atom. The van der Waals surface area contributed by atoms with Crippen LogP contribution in [0.3, 0.4) is 0 Å². The molecule has 23 heavy (non-hydrogen) atoms. The molecule has 1 aliphatic heterocycles. The van der Waals surface area contributed by atoms with Gasteiger partial charge in [0.15, 0.2) is 0 Å². The summed E-state index contributed by atoms with van der Waals surface area (Å²) in [4.78, 5) is 24.2. The normalized spacial score (nSPS) is 21.0. The molecular weight excluding hydrogens is 329 g/mol. The molecule has 0 spiro atoms. The predicted octanol–water partition coefficient (Wildman–Crippen LogP) is 3.13. The number of carbonyl (C=O) groups excluding carboxylic acids is 1. The molecule has 2 rings (SSSR count). The number of hydrogen-bond acceptors (Lipinski definition) is 5. The number of amides is 1. The van der Waals surface area contributed by atoms with Gasteiger partial charge in [0.1, 0.15) is 10.6 Å². The number of halogens is 3. The van der Waals surface area contributed by atoms with E-state index in [2.05, 4.69) is 20.3 Å². The fourth-order valence-electron chi connectivity index (χ4n) is 2.07. The van der Waals surface area contributed by atoms with Crippen molar-refractivity contribution in [3.63, 3.8) is 0 Å². The third-order valence-electron chi connectivity index (χ3n) is 3.50. The summed E-state index contributed by atoms with van der Waals surface area (Å²) in [7, 11) is 0. The van der Waals surface area contributed by atoms with Crippen LogP contribution >= 0.6 is 11.8 Å². The highest BCUT2D eigenvalue weighted by molar-refractivity contribution is 8.13. The van der Waals surface area contributed by atoms with Crippen molar-refractivity contribution in [1.29, 1.82) is 0 Å². The Hall–Kier alpha value is -1.90. The van der Waals surface area contributed by atoms with Gasteiger partial charge in [-0.05, 0) is 25.7 Å². The van der Waals surface area contributed by atoms with E-state index in [9.17, 15) is 18.0 Å². The number of thioether (sulfide) groups is 1. The minimum Gasteiger partial charge on any atom is -0.291 e. The van der Waals surface area contributed by atoms with Gasteiger partial charge in [0.05, 0.1) is 11.1 Å². The van der Waals surface area contributed by atoms with Crippen LogP contribution in [0.4, 0.5) is 13.2 Å². The van der Waals surface area contributed by atoms with Gasteiger partial charge in [0.25, 0.3) is 5.91 Å². The van der Waals surface area contributed by atoms with E-state index in [1.807, 2.05) is 20.1 Å². The summed E-state index contributed by atoms with van der Waals surface area (Å²) < 4.78 is 38.8. The highest BCUT2D eigenvalue weighted by atomic mass is 32.2. The second kappa shape index (κ2) is 6.31. The van der Waals surface area contributed by atoms with Crippen LogP contribution in [0.5, 0.6) is 0 Å². The molecule has 1 aliphatic rings. The topological polar surface area (TPSA) is 66.7 Å². The number of rotatable bonds is 2. The van der Waals surface area contributed by atoms with Crippen LogP contribution in [-0.2, 0) is 6.18 Å². The molecule has 1 unspecified atom stereocenters. The van der Waals surface area contributed by atoms with Gasteiger partial charge < -0.3 is 0 Å². The van der Waals surface area contributed by atoms with Crippen molar-refractivity contribution >= 4 is 28.7 Å². The average molecular weight is 344 g/mol. The monoisotopic (exact) mass is 344 g/mol. The molecule has 124 valence electrons. The van der Waals surface area contributed by atoms with Crippen LogP contribution in [-0.4, -0.2) is 33.7 Å². The molecule has 0 aromatic carbocycles. The first kappa shape index (κ1) is 17.5. The van der Waals surface area contributed by atoms with E-state index < -0.39 is 28.7 Å². The first-order chi connectivity index (χ1) is 10.7. The van der Waals surface area contributed by atoms with Gasteiger partial charge in [-0.3, -0.25) is 15.1 Å². The predicted molar refractivity (Wildman–Crippen MR) is 83.8 cm³/mol. The van der Waals surface area contributed by atoms with Crippen LogP contribution in [0, 0.1) is 0 Å². The summed E-state index contributed by atoms with van der Waals surface area (Å²) in [5.41, 5.74) is -2.17. The summed E-state index contributed by atoms with van der Waals surface area (Å²) in [5.74, 6) is -0.922. The molecule has 5 nitrogen and oxygen atoms in total. The average Bonchev–Trinajstić information content (AvgIpc) is 2.82. The standard InChI is InChI=1S/C14H15F3N4OS/c1-4-13(2)11(23-3)20-12(21-13)19-10(22)8-7-18-6-5-9(8)14(15,16)17/h5-7H,4H2,1-3H3,(H,19,21,22). The molecule has 0 saturated heterocycles. The molecule has 1 aromatic heterocycles. The lowest BCUT2D eigenvalue weighted by atomic mass is 10.0. The highest BCUT2D eigenvalue weighted by Crippen LogP contribution is 2.32. The summed E-state index contributed by atoms with van der Waals surface area (Å²) in [6, 6.07) is 0.762. The van der Waals surface area contributed by atoms with E-state index >= 15 is 0 Å². The van der Waals surface area contributed by atoms with E-state index in [-0.39, 0.29) is 5.96 Å². The van der Waals surface area contributed by atoms with Gasteiger partial charge in [-0.15, -0.1) is 11.8 Å². The number of pyridine rings is 1. The second-order valence-corrected chi connectivity index (χ2v) is 5.85. The lowest BCUT2D eigenvalue weighted by Gasteiger charge is -2.18. The first-order valence-electron chi connectivity index (χ1n) is 6.77. The van der Waals surface area contributed by atoms with Crippen LogP contribution in [0.2, 0.25) is 0 Å². The van der Waals surface area contributed by atoms with Crippen molar-refractivity contribution in [1.82, 2.24) is 10.3 Å². The summed E-state index contributed by atoms with van der Waals surface area (Å²) in [6.07, 6.45) is -0.280. The first-order valence-corrected chi connectivity index (χ1v) is 7.99. The second-order valence-electron chi connectivity index (χ2n) is 5.06. The van der Waals surface area contributed by atoms with E-state index in [1.54, 1.807) is 0 Å². The summed E-state index contributed by atoms with van der Waals surface area (Å²) in [5, 5.41) is 3.04. The Morgan fingerprint density at radius 1 is 1.43 bits per heavy atom. The number of nitrogens with zero attached hydrogens (tertiary/aromatic N) is 3.